The topological polar surface area (TPSA) is 32.3 Å². The number of fused-ring (bicyclic) bond motifs is 3. The lowest BCUT2D eigenvalue weighted by Crippen LogP contribution is -2.44. The van der Waals surface area contributed by atoms with Gasteiger partial charge in [0.25, 0.3) is 5.91 Å². The normalized spacial score (nSPS) is 22.0. The van der Waals surface area contributed by atoms with Gasteiger partial charge in [-0.05, 0) is 23.6 Å². The van der Waals surface area contributed by atoms with Crippen molar-refractivity contribution < 1.29 is 4.79 Å². The van der Waals surface area contributed by atoms with E-state index >= 15 is 0 Å². The van der Waals surface area contributed by atoms with Gasteiger partial charge in [-0.2, -0.15) is 0 Å². The first-order valence-corrected chi connectivity index (χ1v) is 6.94. The highest BCUT2D eigenvalue weighted by atomic mass is 35.5. The summed E-state index contributed by atoms with van der Waals surface area (Å²) in [6.07, 6.45) is 2.11. The lowest BCUT2D eigenvalue weighted by atomic mass is 9.99. The van der Waals surface area contributed by atoms with Crippen molar-refractivity contribution in [1.82, 2.24) is 10.2 Å². The monoisotopic (exact) mass is 264 g/mol. The minimum atomic E-state index is 0.101. The number of nitrogens with zero attached hydrogens (tertiary/aromatic N) is 1. The maximum Gasteiger partial charge on any atom is 0.256 e. The Balaban J connectivity index is 2.08. The Morgan fingerprint density at radius 3 is 3.11 bits per heavy atom. The van der Waals surface area contributed by atoms with E-state index in [1.54, 1.807) is 0 Å². The molecule has 1 amide bonds. The summed E-state index contributed by atoms with van der Waals surface area (Å²) in [6.45, 7) is 4.64. The number of carbonyl (C=O) groups excluding carboxylic acids is 1. The van der Waals surface area contributed by atoms with Gasteiger partial charge >= 0.3 is 0 Å². The van der Waals surface area contributed by atoms with Gasteiger partial charge in [0, 0.05) is 19.6 Å². The Labute approximate surface area is 112 Å². The number of nitrogens with one attached hydrogen (secondary N) is 1. The number of piperazine rings is 1. The first kappa shape index (κ1) is 12.0. The molecule has 1 fully saturated rings. The average Bonchev–Trinajstić information content (AvgIpc) is 2.65. The molecule has 2 aliphatic rings. The Kier molecular flexibility index (Phi) is 3.04. The van der Waals surface area contributed by atoms with Crippen molar-refractivity contribution in [1.29, 1.82) is 0 Å². The van der Waals surface area contributed by atoms with Gasteiger partial charge in [0.05, 0.1) is 16.6 Å². The fourth-order valence-electron chi connectivity index (χ4n) is 2.98. The van der Waals surface area contributed by atoms with Crippen molar-refractivity contribution in [2.75, 3.05) is 19.6 Å². The summed E-state index contributed by atoms with van der Waals surface area (Å²) in [7, 11) is 0. The van der Waals surface area contributed by atoms with Crippen LogP contribution in [0.2, 0.25) is 5.02 Å². The van der Waals surface area contributed by atoms with E-state index in [1.807, 2.05) is 11.0 Å². The van der Waals surface area contributed by atoms with Gasteiger partial charge in [-0.25, -0.2) is 0 Å². The maximum atomic E-state index is 12.3. The number of rotatable bonds is 2. The molecule has 3 rings (SSSR count). The number of hydrogen-bond donors (Lipinski definition) is 1. The molecule has 0 aliphatic carbocycles. The first-order chi connectivity index (χ1) is 8.72. The molecule has 1 aromatic rings. The quantitative estimate of drug-likeness (QED) is 0.890. The Morgan fingerprint density at radius 1 is 1.50 bits per heavy atom. The summed E-state index contributed by atoms with van der Waals surface area (Å²) in [5.74, 6) is 0.101. The molecule has 1 N–H and O–H groups in total. The van der Waals surface area contributed by atoms with Gasteiger partial charge in [-0.1, -0.05) is 31.0 Å². The van der Waals surface area contributed by atoms with Crippen LogP contribution >= 0.6 is 11.6 Å². The number of halogens is 1. The molecule has 2 aliphatic heterocycles. The number of amides is 1. The highest BCUT2D eigenvalue weighted by molar-refractivity contribution is 6.34. The van der Waals surface area contributed by atoms with Crippen LogP contribution in [-0.4, -0.2) is 30.4 Å². The molecule has 3 nitrogen and oxygen atoms in total. The molecular weight excluding hydrogens is 248 g/mol. The Hall–Kier alpha value is -1.06. The van der Waals surface area contributed by atoms with Crippen LogP contribution in [0.4, 0.5) is 0 Å². The highest BCUT2D eigenvalue weighted by Crippen LogP contribution is 2.38. The molecule has 0 bridgehead atoms. The highest BCUT2D eigenvalue weighted by Gasteiger charge is 2.39. The van der Waals surface area contributed by atoms with Crippen molar-refractivity contribution >= 4 is 17.5 Å². The molecule has 0 spiro atoms. The summed E-state index contributed by atoms with van der Waals surface area (Å²) in [6, 6.07) is 4.30. The summed E-state index contributed by atoms with van der Waals surface area (Å²) in [4.78, 5) is 14.3. The number of benzene rings is 1. The zero-order valence-corrected chi connectivity index (χ0v) is 11.3. The lowest BCUT2D eigenvalue weighted by Gasteiger charge is -2.30. The van der Waals surface area contributed by atoms with Crippen LogP contribution in [0, 0.1) is 0 Å². The molecule has 0 aromatic heterocycles. The number of hydrogen-bond acceptors (Lipinski definition) is 2. The van der Waals surface area contributed by atoms with Crippen LogP contribution < -0.4 is 5.32 Å². The summed E-state index contributed by atoms with van der Waals surface area (Å²) < 4.78 is 0. The molecule has 1 aromatic carbocycles. The van der Waals surface area contributed by atoms with Gasteiger partial charge in [-0.3, -0.25) is 4.79 Å². The first-order valence-electron chi connectivity index (χ1n) is 6.56. The van der Waals surface area contributed by atoms with Gasteiger partial charge in [0.2, 0.25) is 0 Å². The molecular formula is C14H17ClN2O. The summed E-state index contributed by atoms with van der Waals surface area (Å²) >= 11 is 6.30. The molecule has 2 heterocycles. The third kappa shape index (κ3) is 1.73. The fourth-order valence-corrected chi connectivity index (χ4v) is 3.31. The third-order valence-electron chi connectivity index (χ3n) is 3.80. The smallest absolute Gasteiger partial charge is 0.256 e. The third-order valence-corrected chi connectivity index (χ3v) is 4.09. The van der Waals surface area contributed by atoms with E-state index in [4.69, 9.17) is 11.6 Å². The number of aryl methyl sites for hydroxylation is 1. The molecule has 18 heavy (non-hydrogen) atoms. The molecule has 0 saturated carbocycles. The average molecular weight is 265 g/mol. The van der Waals surface area contributed by atoms with Crippen LogP contribution in [0.15, 0.2) is 12.1 Å². The maximum absolute atomic E-state index is 12.3. The number of carbonyl (C=O) groups is 1. The van der Waals surface area contributed by atoms with E-state index in [0.29, 0.717) is 5.02 Å². The zero-order chi connectivity index (χ0) is 12.7. The van der Waals surface area contributed by atoms with E-state index in [1.165, 1.54) is 5.56 Å². The molecule has 1 unspecified atom stereocenters. The van der Waals surface area contributed by atoms with Crippen molar-refractivity contribution in [2.24, 2.45) is 0 Å². The zero-order valence-electron chi connectivity index (χ0n) is 10.5. The SMILES string of the molecule is CCCc1cc(Cl)c2c(c1)C1CNCCN1C2=O. The van der Waals surface area contributed by atoms with Gasteiger partial charge in [-0.15, -0.1) is 0 Å². The van der Waals surface area contributed by atoms with Crippen molar-refractivity contribution in [2.45, 2.75) is 25.8 Å². The minimum absolute atomic E-state index is 0.101. The van der Waals surface area contributed by atoms with Gasteiger partial charge in [0.15, 0.2) is 0 Å². The lowest BCUT2D eigenvalue weighted by molar-refractivity contribution is 0.0691. The molecule has 1 saturated heterocycles. The van der Waals surface area contributed by atoms with E-state index in [0.717, 1.165) is 43.6 Å². The van der Waals surface area contributed by atoms with Crippen molar-refractivity contribution in [3.63, 3.8) is 0 Å². The van der Waals surface area contributed by atoms with E-state index in [9.17, 15) is 4.79 Å². The van der Waals surface area contributed by atoms with E-state index in [-0.39, 0.29) is 11.9 Å². The fraction of sp³-hybridized carbons (Fsp3) is 0.500. The minimum Gasteiger partial charge on any atom is -0.329 e. The van der Waals surface area contributed by atoms with Gasteiger partial charge < -0.3 is 10.2 Å². The predicted molar refractivity (Wildman–Crippen MR) is 72.1 cm³/mol. The van der Waals surface area contributed by atoms with Crippen LogP contribution in [0.1, 0.15) is 40.9 Å². The predicted octanol–water partition coefficient (Wildman–Crippen LogP) is 2.39. The molecule has 96 valence electrons. The Bertz CT molecular complexity index is 501. The standard InChI is InChI=1S/C14H17ClN2O/c1-2-3-9-6-10-12-8-16-4-5-17(12)14(18)13(10)11(15)7-9/h6-7,12,16H,2-5,8H2,1H3. The van der Waals surface area contributed by atoms with Crippen molar-refractivity contribution in [3.8, 4) is 0 Å². The summed E-state index contributed by atoms with van der Waals surface area (Å²) in [5, 5.41) is 3.97. The van der Waals surface area contributed by atoms with Gasteiger partial charge in [0.1, 0.15) is 0 Å². The largest absolute Gasteiger partial charge is 0.329 e. The van der Waals surface area contributed by atoms with Crippen LogP contribution in [-0.2, 0) is 6.42 Å². The van der Waals surface area contributed by atoms with Crippen LogP contribution in [0.3, 0.4) is 0 Å². The van der Waals surface area contributed by atoms with Crippen molar-refractivity contribution in [3.05, 3.63) is 33.8 Å². The molecule has 4 heteroatoms. The second-order valence-corrected chi connectivity index (χ2v) is 5.42. The second-order valence-electron chi connectivity index (χ2n) is 5.01. The molecule has 1 atom stereocenters. The Morgan fingerprint density at radius 2 is 2.33 bits per heavy atom. The summed E-state index contributed by atoms with van der Waals surface area (Å²) in [5.41, 5.74) is 3.08. The van der Waals surface area contributed by atoms with Crippen LogP contribution in [0.5, 0.6) is 0 Å². The van der Waals surface area contributed by atoms with E-state index in [2.05, 4.69) is 18.3 Å². The van der Waals surface area contributed by atoms with Crippen LogP contribution in [0.25, 0.3) is 0 Å². The van der Waals surface area contributed by atoms with E-state index < -0.39 is 0 Å². The molecule has 0 radical (unpaired) electrons. The second kappa shape index (κ2) is 4.56.